The van der Waals surface area contributed by atoms with Crippen molar-refractivity contribution in [3.05, 3.63) is 81.6 Å². The van der Waals surface area contributed by atoms with Crippen LogP contribution in [0.3, 0.4) is 0 Å². The van der Waals surface area contributed by atoms with Crippen LogP contribution in [-0.2, 0) is 21.2 Å². The second kappa shape index (κ2) is 11.8. The van der Waals surface area contributed by atoms with E-state index in [1.165, 1.54) is 21.9 Å². The fourth-order valence-electron chi connectivity index (χ4n) is 5.92. The predicted molar refractivity (Wildman–Crippen MR) is 184 cm³/mol. The number of aryl methyl sites for hydroxylation is 2. The van der Waals surface area contributed by atoms with Gasteiger partial charge in [-0.3, -0.25) is 14.5 Å². The first-order valence-corrected chi connectivity index (χ1v) is 17.5. The number of aromatic nitrogens is 4. The summed E-state index contributed by atoms with van der Waals surface area (Å²) in [5, 5.41) is 5.45. The van der Waals surface area contributed by atoms with Crippen molar-refractivity contribution < 1.29 is 17.9 Å². The zero-order valence-corrected chi connectivity index (χ0v) is 28.0. The van der Waals surface area contributed by atoms with Gasteiger partial charge in [0.15, 0.2) is 11.3 Å². The molecule has 4 aromatic heterocycles. The van der Waals surface area contributed by atoms with Crippen LogP contribution in [0.5, 0.6) is 5.75 Å². The second-order valence-electron chi connectivity index (χ2n) is 11.6. The molecule has 0 unspecified atom stereocenters. The summed E-state index contributed by atoms with van der Waals surface area (Å²) in [6.07, 6.45) is 3.02. The number of benzene rings is 2. The number of carbonyl (C=O) groups is 1. The van der Waals surface area contributed by atoms with E-state index in [-0.39, 0.29) is 40.1 Å². The molecular weight excluding hydrogens is 639 g/mol. The van der Waals surface area contributed by atoms with E-state index in [1.54, 1.807) is 53.8 Å². The van der Waals surface area contributed by atoms with Gasteiger partial charge in [-0.2, -0.15) is 4.98 Å². The van der Waals surface area contributed by atoms with E-state index in [2.05, 4.69) is 5.32 Å². The van der Waals surface area contributed by atoms with E-state index in [0.717, 1.165) is 40.2 Å². The highest BCUT2D eigenvalue weighted by Crippen LogP contribution is 2.38. The molecule has 1 aliphatic heterocycles. The minimum atomic E-state index is -4.05. The van der Waals surface area contributed by atoms with E-state index in [9.17, 15) is 18.0 Å². The normalized spacial score (nSPS) is 13.5. The first-order valence-electron chi connectivity index (χ1n) is 15.2. The largest absolute Gasteiger partial charge is 0.495 e. The fraction of sp³-hybridized carbons (Fsp3) is 0.273. The summed E-state index contributed by atoms with van der Waals surface area (Å²) < 4.78 is 36.4. The van der Waals surface area contributed by atoms with E-state index in [0.29, 0.717) is 33.6 Å². The highest BCUT2D eigenvalue weighted by atomic mass is 32.2. The lowest BCUT2D eigenvalue weighted by Gasteiger charge is -2.32. The number of hydrogen-bond donors (Lipinski definition) is 1. The smallest absolute Gasteiger partial charge is 0.278 e. The quantitative estimate of drug-likeness (QED) is 0.243. The molecule has 0 spiro atoms. The van der Waals surface area contributed by atoms with Crippen LogP contribution in [0.25, 0.3) is 26.9 Å². The third-order valence-corrected chi connectivity index (χ3v) is 11.1. The van der Waals surface area contributed by atoms with Gasteiger partial charge in [0.05, 0.1) is 35.1 Å². The first-order chi connectivity index (χ1) is 22.6. The summed E-state index contributed by atoms with van der Waals surface area (Å²) in [4.78, 5) is 40.7. The summed E-state index contributed by atoms with van der Waals surface area (Å²) in [6.45, 7) is 5.48. The Hall–Kier alpha value is -4.79. The number of nitrogens with zero attached hydrogens (tertiary/aromatic N) is 6. The molecule has 0 radical (unpaired) electrons. The lowest BCUT2D eigenvalue weighted by Crippen LogP contribution is -2.41. The number of thiophene rings is 1. The SMILES string of the molecule is CCN(C)CC(=O)N1CCCc2cc(OC)c(Nc3nc4c(ccn4S(=O)(=O)c4ccc(C)cc4)c4nc5ccsc5c(=O)n34)cc21. The number of methoxy groups -OCH3 is 1. The molecule has 1 N–H and O–H groups in total. The number of ether oxygens (including phenoxy) is 1. The average Bonchev–Trinajstić information content (AvgIpc) is 3.72. The monoisotopic (exact) mass is 671 g/mol. The van der Waals surface area contributed by atoms with E-state index in [4.69, 9.17) is 14.7 Å². The zero-order valence-electron chi connectivity index (χ0n) is 26.4. The third kappa shape index (κ3) is 5.22. The maximum absolute atomic E-state index is 14.0. The molecule has 0 saturated heterocycles. The van der Waals surface area contributed by atoms with Crippen LogP contribution in [0.15, 0.2) is 69.8 Å². The van der Waals surface area contributed by atoms with Gasteiger partial charge in [-0.25, -0.2) is 21.8 Å². The number of carbonyl (C=O) groups excluding carboxylic acids is 1. The van der Waals surface area contributed by atoms with E-state index in [1.807, 2.05) is 37.9 Å². The molecule has 0 bridgehead atoms. The molecular formula is C33H33N7O5S2. The molecule has 2 aromatic carbocycles. The Morgan fingerprint density at radius 2 is 1.89 bits per heavy atom. The minimum Gasteiger partial charge on any atom is -0.495 e. The Morgan fingerprint density at radius 1 is 1.11 bits per heavy atom. The number of amides is 1. The van der Waals surface area contributed by atoms with Gasteiger partial charge in [0, 0.05) is 18.4 Å². The molecule has 0 aliphatic carbocycles. The van der Waals surface area contributed by atoms with Crippen molar-refractivity contribution in [3.63, 3.8) is 0 Å². The van der Waals surface area contributed by atoms with Crippen molar-refractivity contribution in [3.8, 4) is 5.75 Å². The van der Waals surface area contributed by atoms with E-state index >= 15 is 0 Å². The number of nitrogens with one attached hydrogen (secondary N) is 1. The van der Waals surface area contributed by atoms with Crippen molar-refractivity contribution in [1.29, 1.82) is 0 Å². The fourth-order valence-corrected chi connectivity index (χ4v) is 7.97. The number of fused-ring (bicyclic) bond motifs is 5. The summed E-state index contributed by atoms with van der Waals surface area (Å²) in [6, 6.07) is 13.7. The lowest BCUT2D eigenvalue weighted by atomic mass is 10.00. The molecule has 1 amide bonds. The van der Waals surface area contributed by atoms with Gasteiger partial charge in [0.1, 0.15) is 10.4 Å². The van der Waals surface area contributed by atoms with E-state index < -0.39 is 10.0 Å². The summed E-state index contributed by atoms with van der Waals surface area (Å²) in [7, 11) is -0.600. The standard InChI is InChI=1S/C33H33N7O5S2/c1-5-37(3)19-28(41)38-14-6-7-21-17-27(45-4)25(18-26(21)38)35-33-36-30-23(31-34-24-13-16-46-29(24)32(42)40(31)33)12-15-39(30)47(43,44)22-10-8-20(2)9-11-22/h8-13,15-18H,5-7,14,19H2,1-4H3,(H,35,36). The van der Waals surface area contributed by atoms with Crippen LogP contribution in [0.1, 0.15) is 24.5 Å². The lowest BCUT2D eigenvalue weighted by molar-refractivity contribution is -0.119. The molecule has 0 fully saturated rings. The Kier molecular flexibility index (Phi) is 7.73. The number of anilines is 3. The molecule has 0 atom stereocenters. The summed E-state index contributed by atoms with van der Waals surface area (Å²) in [5.41, 5.74) is 3.62. The molecule has 6 aromatic rings. The van der Waals surface area contributed by atoms with Crippen molar-refractivity contribution in [1.82, 2.24) is 23.2 Å². The predicted octanol–water partition coefficient (Wildman–Crippen LogP) is 4.79. The maximum atomic E-state index is 14.0. The minimum absolute atomic E-state index is 0.0175. The van der Waals surface area contributed by atoms with Gasteiger partial charge in [-0.05, 0) is 80.7 Å². The third-order valence-electron chi connectivity index (χ3n) is 8.56. The average molecular weight is 672 g/mol. The Balaban J connectivity index is 1.44. The molecule has 7 rings (SSSR count). The van der Waals surface area contributed by atoms with Gasteiger partial charge in [-0.1, -0.05) is 24.6 Å². The van der Waals surface area contributed by atoms with Crippen molar-refractivity contribution in [2.45, 2.75) is 31.6 Å². The van der Waals surface area contributed by atoms with Crippen LogP contribution in [0.4, 0.5) is 17.3 Å². The van der Waals surface area contributed by atoms with Gasteiger partial charge >= 0.3 is 0 Å². The highest BCUT2D eigenvalue weighted by molar-refractivity contribution is 7.90. The van der Waals surface area contributed by atoms with Crippen LogP contribution >= 0.6 is 11.3 Å². The Bertz CT molecular complexity index is 2360. The molecule has 5 heterocycles. The number of rotatable bonds is 8. The first kappa shape index (κ1) is 30.8. The van der Waals surface area contributed by atoms with Crippen molar-refractivity contribution in [2.75, 3.05) is 44.0 Å². The topological polar surface area (TPSA) is 131 Å². The molecule has 0 saturated carbocycles. The molecule has 47 heavy (non-hydrogen) atoms. The molecule has 14 heteroatoms. The number of likely N-dealkylation sites (N-methyl/N-ethyl adjacent to an activating group) is 1. The second-order valence-corrected chi connectivity index (χ2v) is 14.3. The van der Waals surface area contributed by atoms with Crippen LogP contribution in [0.2, 0.25) is 0 Å². The zero-order chi connectivity index (χ0) is 33.0. The summed E-state index contributed by atoms with van der Waals surface area (Å²) >= 11 is 1.27. The van der Waals surface area contributed by atoms with Gasteiger partial charge in [-0.15, -0.1) is 11.3 Å². The van der Waals surface area contributed by atoms with Crippen LogP contribution in [-0.4, -0.2) is 71.4 Å². The number of hydrogen-bond acceptors (Lipinski definition) is 10. The van der Waals surface area contributed by atoms with Crippen molar-refractivity contribution in [2.24, 2.45) is 0 Å². The van der Waals surface area contributed by atoms with Gasteiger partial charge < -0.3 is 15.0 Å². The van der Waals surface area contributed by atoms with Crippen LogP contribution < -0.4 is 20.5 Å². The van der Waals surface area contributed by atoms with Crippen molar-refractivity contribution >= 4 is 71.5 Å². The van der Waals surface area contributed by atoms with Gasteiger partial charge in [0.25, 0.3) is 15.6 Å². The molecule has 242 valence electrons. The summed E-state index contributed by atoms with van der Waals surface area (Å²) in [5.74, 6) is 0.521. The molecule has 12 nitrogen and oxygen atoms in total. The maximum Gasteiger partial charge on any atom is 0.278 e. The van der Waals surface area contributed by atoms with Crippen LogP contribution in [0, 0.1) is 6.92 Å². The Morgan fingerprint density at radius 3 is 2.64 bits per heavy atom. The van der Waals surface area contributed by atoms with Gasteiger partial charge in [0.2, 0.25) is 11.9 Å². The molecule has 1 aliphatic rings. The highest BCUT2D eigenvalue weighted by Gasteiger charge is 2.27. The Labute approximate surface area is 274 Å².